The van der Waals surface area contributed by atoms with Crippen LogP contribution in [0.15, 0.2) is 4.42 Å². The zero-order valence-corrected chi connectivity index (χ0v) is 11.1. The van der Waals surface area contributed by atoms with Crippen LogP contribution in [0.5, 0.6) is 0 Å². The molecule has 0 bridgehead atoms. The molecular formula is C13H23N3O. The highest BCUT2D eigenvalue weighted by Crippen LogP contribution is 2.38. The zero-order valence-electron chi connectivity index (χ0n) is 11.1. The van der Waals surface area contributed by atoms with Crippen molar-refractivity contribution in [2.45, 2.75) is 58.4 Å². The minimum absolute atomic E-state index is 0.495. The van der Waals surface area contributed by atoms with Gasteiger partial charge in [0.05, 0.1) is 0 Å². The lowest BCUT2D eigenvalue weighted by atomic mass is 9.98. The molecule has 96 valence electrons. The maximum absolute atomic E-state index is 5.76. The first-order valence-electron chi connectivity index (χ1n) is 6.72. The van der Waals surface area contributed by atoms with Gasteiger partial charge in [-0.05, 0) is 18.8 Å². The molecule has 0 radical (unpaired) electrons. The lowest BCUT2D eigenvalue weighted by Crippen LogP contribution is -2.25. The molecule has 0 aromatic carbocycles. The summed E-state index contributed by atoms with van der Waals surface area (Å²) in [6.45, 7) is 7.46. The van der Waals surface area contributed by atoms with Gasteiger partial charge in [0.1, 0.15) is 0 Å². The molecule has 1 aromatic heterocycles. The Morgan fingerprint density at radius 1 is 1.35 bits per heavy atom. The molecule has 1 N–H and O–H groups in total. The van der Waals surface area contributed by atoms with E-state index in [-0.39, 0.29) is 0 Å². The van der Waals surface area contributed by atoms with Crippen molar-refractivity contribution in [3.8, 4) is 0 Å². The summed E-state index contributed by atoms with van der Waals surface area (Å²) in [7, 11) is 0. The van der Waals surface area contributed by atoms with Gasteiger partial charge in [-0.15, -0.1) is 10.2 Å². The van der Waals surface area contributed by atoms with Crippen LogP contribution in [-0.4, -0.2) is 22.8 Å². The van der Waals surface area contributed by atoms with E-state index in [0.717, 1.165) is 24.7 Å². The van der Waals surface area contributed by atoms with Gasteiger partial charge in [-0.25, -0.2) is 0 Å². The van der Waals surface area contributed by atoms with E-state index in [1.807, 2.05) is 0 Å². The number of hydrogen-bond acceptors (Lipinski definition) is 4. The molecule has 2 atom stereocenters. The quantitative estimate of drug-likeness (QED) is 0.855. The summed E-state index contributed by atoms with van der Waals surface area (Å²) in [4.78, 5) is 0. The monoisotopic (exact) mass is 237 g/mol. The van der Waals surface area contributed by atoms with Crippen LogP contribution in [-0.2, 0) is 6.42 Å². The summed E-state index contributed by atoms with van der Waals surface area (Å²) >= 11 is 0. The largest absolute Gasteiger partial charge is 0.425 e. The van der Waals surface area contributed by atoms with Gasteiger partial charge in [0, 0.05) is 24.9 Å². The molecule has 4 heteroatoms. The smallest absolute Gasteiger partial charge is 0.219 e. The minimum atomic E-state index is 0.495. The molecule has 1 saturated carbocycles. The van der Waals surface area contributed by atoms with Gasteiger partial charge in [0.25, 0.3) is 0 Å². The first kappa shape index (κ1) is 12.6. The number of aromatic nitrogens is 2. The van der Waals surface area contributed by atoms with E-state index in [1.165, 1.54) is 19.3 Å². The first-order chi connectivity index (χ1) is 8.16. The van der Waals surface area contributed by atoms with E-state index in [9.17, 15) is 0 Å². The van der Waals surface area contributed by atoms with Crippen molar-refractivity contribution in [3.63, 3.8) is 0 Å². The fourth-order valence-electron chi connectivity index (χ4n) is 2.50. The molecule has 2 rings (SSSR count). The second kappa shape index (κ2) is 5.63. The van der Waals surface area contributed by atoms with Crippen molar-refractivity contribution in [2.24, 2.45) is 5.92 Å². The highest BCUT2D eigenvalue weighted by atomic mass is 16.4. The van der Waals surface area contributed by atoms with Gasteiger partial charge >= 0.3 is 0 Å². The van der Waals surface area contributed by atoms with Crippen molar-refractivity contribution < 1.29 is 4.42 Å². The molecule has 17 heavy (non-hydrogen) atoms. The lowest BCUT2D eigenvalue weighted by Gasteiger charge is -2.09. The van der Waals surface area contributed by atoms with Crippen molar-refractivity contribution >= 4 is 0 Å². The topological polar surface area (TPSA) is 51.0 Å². The predicted octanol–water partition coefficient (Wildman–Crippen LogP) is 2.51. The van der Waals surface area contributed by atoms with Gasteiger partial charge < -0.3 is 9.73 Å². The predicted molar refractivity (Wildman–Crippen MR) is 66.9 cm³/mol. The van der Waals surface area contributed by atoms with Gasteiger partial charge in [-0.1, -0.05) is 27.2 Å². The third-order valence-electron chi connectivity index (χ3n) is 3.55. The Hall–Kier alpha value is -0.900. The van der Waals surface area contributed by atoms with Crippen molar-refractivity contribution in [3.05, 3.63) is 11.8 Å². The highest BCUT2D eigenvalue weighted by molar-refractivity contribution is 4.97. The zero-order chi connectivity index (χ0) is 12.3. The summed E-state index contributed by atoms with van der Waals surface area (Å²) in [5.41, 5.74) is 0. The number of nitrogens with one attached hydrogen (secondary N) is 1. The fourth-order valence-corrected chi connectivity index (χ4v) is 2.50. The molecular weight excluding hydrogens is 214 g/mol. The van der Waals surface area contributed by atoms with E-state index in [0.29, 0.717) is 17.9 Å². The maximum Gasteiger partial charge on any atom is 0.219 e. The lowest BCUT2D eigenvalue weighted by molar-refractivity contribution is 0.377. The maximum atomic E-state index is 5.76. The van der Waals surface area contributed by atoms with Crippen LogP contribution in [0.1, 0.15) is 57.7 Å². The summed E-state index contributed by atoms with van der Waals surface area (Å²) in [6, 6.07) is 0.507. The van der Waals surface area contributed by atoms with Crippen LogP contribution in [0.4, 0.5) is 0 Å². The average molecular weight is 237 g/mol. The molecule has 1 aliphatic rings. The van der Waals surface area contributed by atoms with Crippen LogP contribution in [0.2, 0.25) is 0 Å². The van der Waals surface area contributed by atoms with Gasteiger partial charge in [0.2, 0.25) is 11.8 Å². The Morgan fingerprint density at radius 2 is 2.18 bits per heavy atom. The van der Waals surface area contributed by atoms with Crippen molar-refractivity contribution in [2.75, 3.05) is 6.54 Å². The standard InChI is InChI=1S/C13H23N3O/c1-9(2)14-8-7-12-15-16-13(17-12)11-6-4-5-10(11)3/h9-11,14H,4-8H2,1-3H3. The fraction of sp³-hybridized carbons (Fsp3) is 0.846. The molecule has 1 aromatic rings. The van der Waals surface area contributed by atoms with E-state index in [4.69, 9.17) is 4.42 Å². The second-order valence-electron chi connectivity index (χ2n) is 5.41. The van der Waals surface area contributed by atoms with E-state index in [1.54, 1.807) is 0 Å². The van der Waals surface area contributed by atoms with Crippen molar-refractivity contribution in [1.29, 1.82) is 0 Å². The van der Waals surface area contributed by atoms with Crippen LogP contribution < -0.4 is 5.32 Å². The molecule has 1 heterocycles. The molecule has 2 unspecified atom stereocenters. The van der Waals surface area contributed by atoms with Crippen LogP contribution >= 0.6 is 0 Å². The van der Waals surface area contributed by atoms with Gasteiger partial charge in [-0.2, -0.15) is 0 Å². The van der Waals surface area contributed by atoms with Gasteiger partial charge in [-0.3, -0.25) is 0 Å². The van der Waals surface area contributed by atoms with E-state index < -0.39 is 0 Å². The third-order valence-corrected chi connectivity index (χ3v) is 3.55. The number of rotatable bonds is 5. The molecule has 1 fully saturated rings. The van der Waals surface area contributed by atoms with Crippen LogP contribution in [0, 0.1) is 5.92 Å². The summed E-state index contributed by atoms with van der Waals surface area (Å²) in [5.74, 6) is 2.81. The number of nitrogens with zero attached hydrogens (tertiary/aromatic N) is 2. The van der Waals surface area contributed by atoms with Gasteiger partial charge in [0.15, 0.2) is 0 Å². The SMILES string of the molecule is CC(C)NCCc1nnc(C2CCCC2C)o1. The summed E-state index contributed by atoms with van der Waals surface area (Å²) in [6.07, 6.45) is 4.61. The Morgan fingerprint density at radius 3 is 2.82 bits per heavy atom. The summed E-state index contributed by atoms with van der Waals surface area (Å²) in [5, 5.41) is 11.7. The average Bonchev–Trinajstić information content (AvgIpc) is 2.86. The molecule has 1 aliphatic carbocycles. The highest BCUT2D eigenvalue weighted by Gasteiger charge is 2.29. The number of hydrogen-bond donors (Lipinski definition) is 1. The molecule has 0 saturated heterocycles. The first-order valence-corrected chi connectivity index (χ1v) is 6.72. The van der Waals surface area contributed by atoms with Crippen LogP contribution in [0.3, 0.4) is 0 Å². The Labute approximate surface area is 103 Å². The Kier molecular flexibility index (Phi) is 4.15. The third kappa shape index (κ3) is 3.28. The minimum Gasteiger partial charge on any atom is -0.425 e. The Bertz CT molecular complexity index is 348. The normalized spacial score (nSPS) is 24.7. The van der Waals surface area contributed by atoms with E-state index in [2.05, 4.69) is 36.3 Å². The molecule has 0 aliphatic heterocycles. The Balaban J connectivity index is 1.87. The van der Waals surface area contributed by atoms with Crippen molar-refractivity contribution in [1.82, 2.24) is 15.5 Å². The molecule has 4 nitrogen and oxygen atoms in total. The molecule has 0 amide bonds. The summed E-state index contributed by atoms with van der Waals surface area (Å²) < 4.78 is 5.76. The van der Waals surface area contributed by atoms with E-state index >= 15 is 0 Å². The molecule has 0 spiro atoms. The second-order valence-corrected chi connectivity index (χ2v) is 5.41. The van der Waals surface area contributed by atoms with Crippen LogP contribution in [0.25, 0.3) is 0 Å².